The number of aromatic nitrogens is 2. The van der Waals surface area contributed by atoms with Crippen molar-refractivity contribution < 1.29 is 5.11 Å². The Kier molecular flexibility index (Phi) is 4.02. The van der Waals surface area contributed by atoms with Gasteiger partial charge in [0, 0.05) is 19.2 Å². The first-order valence-corrected chi connectivity index (χ1v) is 6.25. The third-order valence-electron chi connectivity index (χ3n) is 3.11. The van der Waals surface area contributed by atoms with E-state index in [1.807, 2.05) is 0 Å². The van der Waals surface area contributed by atoms with E-state index in [4.69, 9.17) is 22.4 Å². The summed E-state index contributed by atoms with van der Waals surface area (Å²) in [7, 11) is 0. The molecule has 0 bridgehead atoms. The average Bonchev–Trinajstić information content (AvgIpc) is 2.77. The molecule has 1 fully saturated rings. The Morgan fingerprint density at radius 3 is 3.18 bits per heavy atom. The standard InChI is InChI=1S/C11H17ClN4O/c12-11-14-7-9(13)10(15-11)16-5-1-3-8(16)4-2-6-17/h7-8,17H,1-6,13H2. The topological polar surface area (TPSA) is 75.3 Å². The summed E-state index contributed by atoms with van der Waals surface area (Å²) in [5.74, 6) is 0.727. The minimum Gasteiger partial charge on any atom is -0.396 e. The second-order valence-electron chi connectivity index (χ2n) is 4.27. The molecule has 94 valence electrons. The van der Waals surface area contributed by atoms with Gasteiger partial charge in [0.15, 0.2) is 5.82 Å². The van der Waals surface area contributed by atoms with Crippen LogP contribution in [0.15, 0.2) is 6.20 Å². The Morgan fingerprint density at radius 2 is 2.41 bits per heavy atom. The molecule has 2 heterocycles. The zero-order valence-electron chi connectivity index (χ0n) is 9.64. The van der Waals surface area contributed by atoms with Crippen molar-refractivity contribution in [2.75, 3.05) is 23.8 Å². The molecule has 0 aromatic carbocycles. The van der Waals surface area contributed by atoms with E-state index in [0.717, 1.165) is 38.0 Å². The predicted molar refractivity (Wildman–Crippen MR) is 68.1 cm³/mol. The molecule has 1 saturated heterocycles. The fourth-order valence-corrected chi connectivity index (χ4v) is 2.46. The molecule has 1 aliphatic heterocycles. The SMILES string of the molecule is Nc1cnc(Cl)nc1N1CCCC1CCCO. The van der Waals surface area contributed by atoms with E-state index in [0.29, 0.717) is 11.7 Å². The summed E-state index contributed by atoms with van der Waals surface area (Å²) in [6.45, 7) is 1.16. The molecule has 0 aliphatic carbocycles. The second kappa shape index (κ2) is 5.51. The lowest BCUT2D eigenvalue weighted by Crippen LogP contribution is -2.31. The molecule has 0 spiro atoms. The van der Waals surface area contributed by atoms with Crippen molar-refractivity contribution >= 4 is 23.1 Å². The molecule has 6 heteroatoms. The highest BCUT2D eigenvalue weighted by atomic mass is 35.5. The van der Waals surface area contributed by atoms with E-state index < -0.39 is 0 Å². The highest BCUT2D eigenvalue weighted by molar-refractivity contribution is 6.28. The normalized spacial score (nSPS) is 19.9. The predicted octanol–water partition coefficient (Wildman–Crippen LogP) is 1.45. The van der Waals surface area contributed by atoms with Gasteiger partial charge in [0.05, 0.1) is 11.9 Å². The summed E-state index contributed by atoms with van der Waals surface area (Å²) in [6.07, 6.45) is 5.54. The van der Waals surface area contributed by atoms with Gasteiger partial charge in [0.2, 0.25) is 5.28 Å². The highest BCUT2D eigenvalue weighted by Gasteiger charge is 2.26. The largest absolute Gasteiger partial charge is 0.396 e. The van der Waals surface area contributed by atoms with Gasteiger partial charge in [-0.25, -0.2) is 4.98 Å². The minimum absolute atomic E-state index is 0.224. The molecule has 1 aliphatic rings. The van der Waals surface area contributed by atoms with Gasteiger partial charge < -0.3 is 15.7 Å². The molecule has 17 heavy (non-hydrogen) atoms. The van der Waals surface area contributed by atoms with Crippen LogP contribution in [0.2, 0.25) is 5.28 Å². The molecular weight excluding hydrogens is 240 g/mol. The van der Waals surface area contributed by atoms with Crippen LogP contribution in [0.3, 0.4) is 0 Å². The van der Waals surface area contributed by atoms with E-state index in [1.54, 1.807) is 6.20 Å². The van der Waals surface area contributed by atoms with Gasteiger partial charge in [-0.05, 0) is 37.3 Å². The van der Waals surface area contributed by atoms with Crippen LogP contribution >= 0.6 is 11.6 Å². The summed E-state index contributed by atoms with van der Waals surface area (Å²) in [5, 5.41) is 9.12. The van der Waals surface area contributed by atoms with Gasteiger partial charge in [-0.1, -0.05) is 0 Å². The van der Waals surface area contributed by atoms with Crippen LogP contribution in [0.5, 0.6) is 0 Å². The lowest BCUT2D eigenvalue weighted by atomic mass is 10.1. The Morgan fingerprint density at radius 1 is 1.59 bits per heavy atom. The smallest absolute Gasteiger partial charge is 0.224 e. The Labute approximate surface area is 106 Å². The van der Waals surface area contributed by atoms with E-state index in [-0.39, 0.29) is 11.9 Å². The molecule has 0 saturated carbocycles. The Bertz CT molecular complexity index is 388. The summed E-state index contributed by atoms with van der Waals surface area (Å²) in [4.78, 5) is 10.2. The van der Waals surface area contributed by atoms with Crippen LogP contribution in [0, 0.1) is 0 Å². The summed E-state index contributed by atoms with van der Waals surface area (Å²) in [5.41, 5.74) is 6.45. The van der Waals surface area contributed by atoms with Gasteiger partial charge in [0.25, 0.3) is 0 Å². The quantitative estimate of drug-likeness (QED) is 0.798. The van der Waals surface area contributed by atoms with Gasteiger partial charge in [-0.15, -0.1) is 0 Å². The zero-order valence-corrected chi connectivity index (χ0v) is 10.4. The maximum Gasteiger partial charge on any atom is 0.224 e. The highest BCUT2D eigenvalue weighted by Crippen LogP contribution is 2.30. The maximum absolute atomic E-state index is 8.89. The van der Waals surface area contributed by atoms with Gasteiger partial charge in [0.1, 0.15) is 0 Å². The van der Waals surface area contributed by atoms with Crippen molar-refractivity contribution in [3.05, 3.63) is 11.5 Å². The first kappa shape index (κ1) is 12.4. The fraction of sp³-hybridized carbons (Fsp3) is 0.636. The van der Waals surface area contributed by atoms with Crippen LogP contribution in [-0.2, 0) is 0 Å². The number of rotatable bonds is 4. The Balaban J connectivity index is 2.16. The molecule has 0 amide bonds. The van der Waals surface area contributed by atoms with Crippen molar-refractivity contribution in [3.8, 4) is 0 Å². The Hall–Kier alpha value is -1.07. The number of hydrogen-bond donors (Lipinski definition) is 2. The van der Waals surface area contributed by atoms with Crippen LogP contribution in [0.25, 0.3) is 0 Å². The maximum atomic E-state index is 8.89. The third-order valence-corrected chi connectivity index (χ3v) is 3.29. The lowest BCUT2D eigenvalue weighted by molar-refractivity contribution is 0.279. The summed E-state index contributed by atoms with van der Waals surface area (Å²) >= 11 is 5.80. The van der Waals surface area contributed by atoms with Crippen molar-refractivity contribution in [3.63, 3.8) is 0 Å². The molecular formula is C11H17ClN4O. The zero-order chi connectivity index (χ0) is 12.3. The molecule has 3 N–H and O–H groups in total. The van der Waals surface area contributed by atoms with E-state index in [1.165, 1.54) is 0 Å². The molecule has 5 nitrogen and oxygen atoms in total. The molecule has 2 rings (SSSR count). The van der Waals surface area contributed by atoms with Crippen LogP contribution in [0.4, 0.5) is 11.5 Å². The number of nitrogens with two attached hydrogens (primary N) is 1. The molecule has 1 atom stereocenters. The van der Waals surface area contributed by atoms with Crippen LogP contribution in [-0.4, -0.2) is 34.3 Å². The molecule has 0 radical (unpaired) electrons. The summed E-state index contributed by atoms with van der Waals surface area (Å²) in [6, 6.07) is 0.399. The van der Waals surface area contributed by atoms with Crippen molar-refractivity contribution in [1.82, 2.24) is 9.97 Å². The number of nitrogens with zero attached hydrogens (tertiary/aromatic N) is 3. The average molecular weight is 257 g/mol. The van der Waals surface area contributed by atoms with Gasteiger partial charge in [-0.2, -0.15) is 4.98 Å². The molecule has 1 unspecified atom stereocenters. The summed E-state index contributed by atoms with van der Waals surface area (Å²) < 4.78 is 0. The number of aliphatic hydroxyl groups is 1. The fourth-order valence-electron chi connectivity index (χ4n) is 2.33. The van der Waals surface area contributed by atoms with E-state index >= 15 is 0 Å². The first-order valence-electron chi connectivity index (χ1n) is 5.88. The van der Waals surface area contributed by atoms with Gasteiger partial charge in [-0.3, -0.25) is 0 Å². The van der Waals surface area contributed by atoms with E-state index in [2.05, 4.69) is 14.9 Å². The number of halogens is 1. The number of aliphatic hydroxyl groups excluding tert-OH is 1. The van der Waals surface area contributed by atoms with E-state index in [9.17, 15) is 0 Å². The first-order chi connectivity index (χ1) is 8.22. The van der Waals surface area contributed by atoms with Crippen LogP contribution < -0.4 is 10.6 Å². The number of nitrogen functional groups attached to an aromatic ring is 1. The van der Waals surface area contributed by atoms with Crippen molar-refractivity contribution in [1.29, 1.82) is 0 Å². The number of anilines is 2. The van der Waals surface area contributed by atoms with Crippen molar-refractivity contribution in [2.24, 2.45) is 0 Å². The third kappa shape index (κ3) is 2.79. The molecule has 1 aromatic heterocycles. The second-order valence-corrected chi connectivity index (χ2v) is 4.61. The van der Waals surface area contributed by atoms with Gasteiger partial charge >= 0.3 is 0 Å². The lowest BCUT2D eigenvalue weighted by Gasteiger charge is -2.26. The molecule has 1 aromatic rings. The van der Waals surface area contributed by atoms with Crippen molar-refractivity contribution in [2.45, 2.75) is 31.7 Å². The van der Waals surface area contributed by atoms with Crippen LogP contribution in [0.1, 0.15) is 25.7 Å². The monoisotopic (exact) mass is 256 g/mol. The number of hydrogen-bond acceptors (Lipinski definition) is 5. The minimum atomic E-state index is 0.224.